The molecule has 7 heteroatoms. The van der Waals surface area contributed by atoms with Crippen molar-refractivity contribution in [2.24, 2.45) is 10.9 Å². The topological polar surface area (TPSA) is 80.9 Å². The number of rotatable bonds is 8. The van der Waals surface area contributed by atoms with E-state index in [2.05, 4.69) is 41.4 Å². The highest BCUT2D eigenvalue weighted by Crippen LogP contribution is 2.22. The summed E-state index contributed by atoms with van der Waals surface area (Å²) in [6.45, 7) is 11.0. The van der Waals surface area contributed by atoms with Gasteiger partial charge in [-0.25, -0.2) is 4.98 Å². The fourth-order valence-electron chi connectivity index (χ4n) is 2.66. The van der Waals surface area contributed by atoms with Crippen molar-refractivity contribution >= 4 is 5.96 Å². The van der Waals surface area contributed by atoms with E-state index in [4.69, 9.17) is 13.9 Å². The van der Waals surface area contributed by atoms with Crippen molar-refractivity contribution in [3.8, 4) is 0 Å². The van der Waals surface area contributed by atoms with E-state index >= 15 is 0 Å². The van der Waals surface area contributed by atoms with Gasteiger partial charge >= 0.3 is 0 Å². The quantitative estimate of drug-likeness (QED) is 0.418. The van der Waals surface area contributed by atoms with Gasteiger partial charge in [0.25, 0.3) is 0 Å². The molecule has 0 unspecified atom stereocenters. The van der Waals surface area contributed by atoms with Gasteiger partial charge in [0.2, 0.25) is 5.89 Å². The first-order valence-electron chi connectivity index (χ1n) is 9.54. The maximum atomic E-state index is 5.77. The number of hydrogen-bond donors (Lipinski definition) is 2. The SMILES string of the molecule is CN=C(NCCCOCC1CCOCC1)NCc1ncc(C(C)(C)C)o1. The minimum absolute atomic E-state index is 0.0319. The highest BCUT2D eigenvalue weighted by molar-refractivity contribution is 5.79. The average Bonchev–Trinajstić information content (AvgIpc) is 3.11. The van der Waals surface area contributed by atoms with Gasteiger partial charge in [-0.1, -0.05) is 20.8 Å². The third-order valence-corrected chi connectivity index (χ3v) is 4.38. The zero-order chi connectivity index (χ0) is 18.8. The molecule has 2 N–H and O–H groups in total. The van der Waals surface area contributed by atoms with Crippen molar-refractivity contribution in [2.75, 3.05) is 40.0 Å². The first-order chi connectivity index (χ1) is 12.5. The Morgan fingerprint density at radius 3 is 2.73 bits per heavy atom. The number of oxazole rings is 1. The van der Waals surface area contributed by atoms with Gasteiger partial charge in [0.1, 0.15) is 5.76 Å². The molecule has 0 bridgehead atoms. The van der Waals surface area contributed by atoms with Crippen LogP contribution in [0.3, 0.4) is 0 Å². The minimum atomic E-state index is -0.0319. The van der Waals surface area contributed by atoms with Gasteiger partial charge in [-0.05, 0) is 25.2 Å². The van der Waals surface area contributed by atoms with Crippen LogP contribution in [0.5, 0.6) is 0 Å². The normalized spacial score (nSPS) is 16.7. The second-order valence-electron chi connectivity index (χ2n) is 7.71. The van der Waals surface area contributed by atoms with Crippen LogP contribution in [-0.4, -0.2) is 51.0 Å². The molecule has 7 nitrogen and oxygen atoms in total. The first kappa shape index (κ1) is 20.7. The van der Waals surface area contributed by atoms with Gasteiger partial charge in [-0.15, -0.1) is 0 Å². The second kappa shape index (κ2) is 10.5. The van der Waals surface area contributed by atoms with Gasteiger partial charge in [0, 0.05) is 45.4 Å². The maximum absolute atomic E-state index is 5.77. The molecule has 0 atom stereocenters. The van der Waals surface area contributed by atoms with Gasteiger partial charge in [0.05, 0.1) is 12.7 Å². The lowest BCUT2D eigenvalue weighted by Gasteiger charge is -2.21. The molecule has 0 aromatic carbocycles. The van der Waals surface area contributed by atoms with Crippen LogP contribution >= 0.6 is 0 Å². The smallest absolute Gasteiger partial charge is 0.213 e. The summed E-state index contributed by atoms with van der Waals surface area (Å²) in [6, 6.07) is 0. The van der Waals surface area contributed by atoms with Gasteiger partial charge in [0.15, 0.2) is 5.96 Å². The monoisotopic (exact) mass is 366 g/mol. The van der Waals surface area contributed by atoms with Crippen molar-refractivity contribution in [3.05, 3.63) is 17.8 Å². The summed E-state index contributed by atoms with van der Waals surface area (Å²) in [7, 11) is 1.76. The summed E-state index contributed by atoms with van der Waals surface area (Å²) in [5, 5.41) is 6.51. The van der Waals surface area contributed by atoms with Gasteiger partial charge in [-0.3, -0.25) is 4.99 Å². The maximum Gasteiger partial charge on any atom is 0.213 e. The van der Waals surface area contributed by atoms with Crippen LogP contribution in [0.1, 0.15) is 51.7 Å². The van der Waals surface area contributed by atoms with Crippen molar-refractivity contribution in [2.45, 2.75) is 52.0 Å². The molecule has 0 aliphatic carbocycles. The van der Waals surface area contributed by atoms with E-state index < -0.39 is 0 Å². The van der Waals surface area contributed by atoms with E-state index in [1.165, 1.54) is 0 Å². The van der Waals surface area contributed by atoms with Crippen LogP contribution < -0.4 is 10.6 Å². The predicted molar refractivity (Wildman–Crippen MR) is 102 cm³/mol. The number of hydrogen-bond acceptors (Lipinski definition) is 5. The molecule has 1 aliphatic heterocycles. The Morgan fingerprint density at radius 1 is 1.31 bits per heavy atom. The molecule has 2 rings (SSSR count). The van der Waals surface area contributed by atoms with Crippen molar-refractivity contribution in [1.82, 2.24) is 15.6 Å². The van der Waals surface area contributed by atoms with E-state index in [9.17, 15) is 0 Å². The number of nitrogens with one attached hydrogen (secondary N) is 2. The summed E-state index contributed by atoms with van der Waals surface area (Å²) in [6.07, 6.45) is 4.97. The van der Waals surface area contributed by atoms with Gasteiger partial charge in [-0.2, -0.15) is 0 Å². The van der Waals surface area contributed by atoms with Crippen LogP contribution in [0.4, 0.5) is 0 Å². The Balaban J connectivity index is 1.57. The number of aromatic nitrogens is 1. The van der Waals surface area contributed by atoms with Crippen LogP contribution in [0.15, 0.2) is 15.6 Å². The lowest BCUT2D eigenvalue weighted by Crippen LogP contribution is -2.37. The molecular formula is C19H34N4O3. The molecule has 1 saturated heterocycles. The fraction of sp³-hybridized carbons (Fsp3) is 0.789. The largest absolute Gasteiger partial charge is 0.443 e. The van der Waals surface area contributed by atoms with Crippen LogP contribution in [0.25, 0.3) is 0 Å². The van der Waals surface area contributed by atoms with Crippen LogP contribution in [-0.2, 0) is 21.4 Å². The molecule has 1 aromatic heterocycles. The Labute approximate surface area is 157 Å². The second-order valence-corrected chi connectivity index (χ2v) is 7.71. The Bertz CT molecular complexity index is 545. The molecule has 0 amide bonds. The minimum Gasteiger partial charge on any atom is -0.443 e. The Hall–Kier alpha value is -1.60. The fourth-order valence-corrected chi connectivity index (χ4v) is 2.66. The zero-order valence-corrected chi connectivity index (χ0v) is 16.6. The molecular weight excluding hydrogens is 332 g/mol. The lowest BCUT2D eigenvalue weighted by molar-refractivity contribution is 0.0203. The lowest BCUT2D eigenvalue weighted by atomic mass is 9.94. The summed E-state index contributed by atoms with van der Waals surface area (Å²) >= 11 is 0. The Kier molecular flexibility index (Phi) is 8.38. The van der Waals surface area contributed by atoms with Gasteiger partial charge < -0.3 is 24.5 Å². The number of nitrogens with zero attached hydrogens (tertiary/aromatic N) is 2. The van der Waals surface area contributed by atoms with Crippen molar-refractivity contribution in [3.63, 3.8) is 0 Å². The summed E-state index contributed by atoms with van der Waals surface area (Å²) in [5.74, 6) is 2.95. The molecule has 1 aliphatic rings. The number of ether oxygens (including phenoxy) is 2. The number of aliphatic imine (C=N–C) groups is 1. The van der Waals surface area contributed by atoms with Crippen molar-refractivity contribution in [1.29, 1.82) is 0 Å². The van der Waals surface area contributed by atoms with Crippen molar-refractivity contribution < 1.29 is 13.9 Å². The number of guanidine groups is 1. The Morgan fingerprint density at radius 2 is 2.08 bits per heavy atom. The zero-order valence-electron chi connectivity index (χ0n) is 16.6. The third kappa shape index (κ3) is 7.33. The molecule has 1 fully saturated rings. The third-order valence-electron chi connectivity index (χ3n) is 4.38. The highest BCUT2D eigenvalue weighted by atomic mass is 16.5. The standard InChI is InChI=1S/C19H34N4O3/c1-19(2,3)16-12-22-17(26-16)13-23-18(20-4)21-8-5-9-25-14-15-6-10-24-11-7-15/h12,15H,5-11,13-14H2,1-4H3,(H2,20,21,23). The predicted octanol–water partition coefficient (Wildman–Crippen LogP) is 2.47. The molecule has 0 radical (unpaired) electrons. The van der Waals surface area contributed by atoms with E-state index in [1.54, 1.807) is 13.2 Å². The molecule has 1 aromatic rings. The van der Waals surface area contributed by atoms with E-state index in [-0.39, 0.29) is 5.41 Å². The van der Waals surface area contributed by atoms with E-state index in [0.29, 0.717) is 18.4 Å². The first-order valence-corrected chi connectivity index (χ1v) is 9.54. The summed E-state index contributed by atoms with van der Waals surface area (Å²) in [4.78, 5) is 8.53. The summed E-state index contributed by atoms with van der Waals surface area (Å²) in [5.41, 5.74) is -0.0319. The molecule has 148 valence electrons. The molecule has 2 heterocycles. The summed E-state index contributed by atoms with van der Waals surface area (Å²) < 4.78 is 16.9. The molecule has 26 heavy (non-hydrogen) atoms. The van der Waals surface area contributed by atoms with E-state index in [0.717, 1.165) is 64.0 Å². The average molecular weight is 367 g/mol. The molecule has 0 spiro atoms. The highest BCUT2D eigenvalue weighted by Gasteiger charge is 2.19. The van der Waals surface area contributed by atoms with Crippen LogP contribution in [0.2, 0.25) is 0 Å². The van der Waals surface area contributed by atoms with Crippen LogP contribution in [0, 0.1) is 5.92 Å². The van der Waals surface area contributed by atoms with E-state index in [1.807, 2.05) is 0 Å². The molecule has 0 saturated carbocycles.